The van der Waals surface area contributed by atoms with Gasteiger partial charge in [-0.15, -0.1) is 0 Å². The minimum absolute atomic E-state index is 0.194. The van der Waals surface area contributed by atoms with Crippen molar-refractivity contribution in [3.05, 3.63) is 57.8 Å². The second-order valence-electron chi connectivity index (χ2n) is 6.33. The molecule has 0 atom stereocenters. The van der Waals surface area contributed by atoms with Crippen LogP contribution in [0.2, 0.25) is 10.0 Å². The van der Waals surface area contributed by atoms with E-state index in [4.69, 9.17) is 23.2 Å². The molecule has 1 heterocycles. The zero-order chi connectivity index (χ0) is 18.5. The Hall–Kier alpha value is -2.11. The first-order valence-electron chi connectivity index (χ1n) is 8.56. The number of hydrogen-bond donors (Lipinski definition) is 2. The molecular weight excluding hydrogens is 373 g/mol. The fourth-order valence-electron chi connectivity index (χ4n) is 3.00. The van der Waals surface area contributed by atoms with Gasteiger partial charge in [0.1, 0.15) is 0 Å². The van der Waals surface area contributed by atoms with Crippen molar-refractivity contribution in [3.8, 4) is 0 Å². The average Bonchev–Trinajstić information content (AvgIpc) is 2.66. The van der Waals surface area contributed by atoms with Gasteiger partial charge in [0.05, 0.1) is 26.9 Å². The van der Waals surface area contributed by atoms with E-state index in [2.05, 4.69) is 15.6 Å². The minimum atomic E-state index is -0.408. The van der Waals surface area contributed by atoms with Crippen molar-refractivity contribution >= 4 is 40.7 Å². The van der Waals surface area contributed by atoms with Crippen LogP contribution in [-0.2, 0) is 0 Å². The Morgan fingerprint density at radius 1 is 1.00 bits per heavy atom. The van der Waals surface area contributed by atoms with Crippen LogP contribution in [0.4, 0.5) is 5.69 Å². The SMILES string of the molecule is O=C(Nc1cccc(Cl)c1Cl)c1cncc(C(=O)NC2CCCCC2)c1. The zero-order valence-electron chi connectivity index (χ0n) is 14.1. The molecule has 0 saturated heterocycles. The van der Waals surface area contributed by atoms with Crippen LogP contribution in [0.5, 0.6) is 0 Å². The normalized spacial score (nSPS) is 14.7. The number of anilines is 1. The number of nitrogens with zero attached hydrogens (tertiary/aromatic N) is 1. The molecule has 0 bridgehead atoms. The number of hydrogen-bond acceptors (Lipinski definition) is 3. The molecule has 1 saturated carbocycles. The summed E-state index contributed by atoms with van der Waals surface area (Å²) in [6.45, 7) is 0. The van der Waals surface area contributed by atoms with Gasteiger partial charge in [-0.25, -0.2) is 0 Å². The Bertz CT molecular complexity index is 820. The van der Waals surface area contributed by atoms with Crippen molar-refractivity contribution in [1.29, 1.82) is 0 Å². The number of carbonyl (C=O) groups excluding carboxylic acids is 2. The third-order valence-corrected chi connectivity index (χ3v) is 5.22. The Balaban J connectivity index is 1.70. The molecule has 0 spiro atoms. The fraction of sp³-hybridized carbons (Fsp3) is 0.316. The maximum atomic E-state index is 12.5. The van der Waals surface area contributed by atoms with Crippen LogP contribution >= 0.6 is 23.2 Å². The number of amides is 2. The van der Waals surface area contributed by atoms with Crippen LogP contribution in [0.15, 0.2) is 36.7 Å². The highest BCUT2D eigenvalue weighted by molar-refractivity contribution is 6.44. The first-order chi connectivity index (χ1) is 12.5. The van der Waals surface area contributed by atoms with E-state index in [0.717, 1.165) is 25.7 Å². The molecule has 2 aromatic rings. The third kappa shape index (κ3) is 4.54. The van der Waals surface area contributed by atoms with E-state index in [1.165, 1.54) is 24.9 Å². The molecule has 1 aliphatic rings. The van der Waals surface area contributed by atoms with E-state index >= 15 is 0 Å². The van der Waals surface area contributed by atoms with E-state index in [1.54, 1.807) is 18.2 Å². The topological polar surface area (TPSA) is 71.1 Å². The quantitative estimate of drug-likeness (QED) is 0.792. The maximum Gasteiger partial charge on any atom is 0.257 e. The second-order valence-corrected chi connectivity index (χ2v) is 7.11. The molecule has 5 nitrogen and oxygen atoms in total. The van der Waals surface area contributed by atoms with Gasteiger partial charge in [0.25, 0.3) is 11.8 Å². The van der Waals surface area contributed by atoms with Gasteiger partial charge in [-0.3, -0.25) is 14.6 Å². The smallest absolute Gasteiger partial charge is 0.257 e. The highest BCUT2D eigenvalue weighted by Gasteiger charge is 2.18. The van der Waals surface area contributed by atoms with E-state index < -0.39 is 5.91 Å². The number of rotatable bonds is 4. The summed E-state index contributed by atoms with van der Waals surface area (Å²) in [5.74, 6) is -0.617. The van der Waals surface area contributed by atoms with Gasteiger partial charge < -0.3 is 10.6 Å². The lowest BCUT2D eigenvalue weighted by Gasteiger charge is -2.22. The van der Waals surface area contributed by atoms with Gasteiger partial charge in [-0.2, -0.15) is 0 Å². The Morgan fingerprint density at radius 3 is 2.42 bits per heavy atom. The molecular formula is C19H19Cl2N3O2. The first kappa shape index (κ1) is 18.7. The Kier molecular flexibility index (Phi) is 6.12. The predicted molar refractivity (Wildman–Crippen MR) is 103 cm³/mol. The number of halogens is 2. The molecule has 0 radical (unpaired) electrons. The molecule has 136 valence electrons. The van der Waals surface area contributed by atoms with E-state index in [-0.39, 0.29) is 22.5 Å². The van der Waals surface area contributed by atoms with Crippen LogP contribution in [0.1, 0.15) is 52.8 Å². The summed E-state index contributed by atoms with van der Waals surface area (Å²) in [5.41, 5.74) is 1.04. The number of nitrogens with one attached hydrogen (secondary N) is 2. The highest BCUT2D eigenvalue weighted by atomic mass is 35.5. The maximum absolute atomic E-state index is 12.5. The molecule has 2 amide bonds. The summed E-state index contributed by atoms with van der Waals surface area (Å²) in [6.07, 6.45) is 8.33. The predicted octanol–water partition coefficient (Wildman–Crippen LogP) is 4.70. The average molecular weight is 392 g/mol. The molecule has 0 aliphatic heterocycles. The van der Waals surface area contributed by atoms with Gasteiger partial charge in [0.15, 0.2) is 0 Å². The molecule has 1 fully saturated rings. The first-order valence-corrected chi connectivity index (χ1v) is 9.31. The van der Waals surface area contributed by atoms with Crippen molar-refractivity contribution in [3.63, 3.8) is 0 Å². The van der Waals surface area contributed by atoms with Crippen LogP contribution in [-0.4, -0.2) is 22.8 Å². The second kappa shape index (κ2) is 8.52. The number of benzene rings is 1. The summed E-state index contributed by atoms with van der Waals surface area (Å²) in [7, 11) is 0. The molecule has 1 aromatic carbocycles. The van der Waals surface area contributed by atoms with Crippen molar-refractivity contribution in [1.82, 2.24) is 10.3 Å². The number of carbonyl (C=O) groups is 2. The van der Waals surface area contributed by atoms with Gasteiger partial charge in [-0.05, 0) is 31.0 Å². The number of pyridine rings is 1. The third-order valence-electron chi connectivity index (χ3n) is 4.40. The monoisotopic (exact) mass is 391 g/mol. The molecule has 1 aromatic heterocycles. The lowest BCUT2D eigenvalue weighted by Crippen LogP contribution is -2.36. The Labute approximate surface area is 162 Å². The van der Waals surface area contributed by atoms with E-state index in [9.17, 15) is 9.59 Å². The van der Waals surface area contributed by atoms with Crippen molar-refractivity contribution in [2.24, 2.45) is 0 Å². The largest absolute Gasteiger partial charge is 0.349 e. The van der Waals surface area contributed by atoms with Crippen LogP contribution in [0, 0.1) is 0 Å². The lowest BCUT2D eigenvalue weighted by molar-refractivity contribution is 0.0927. The summed E-state index contributed by atoms with van der Waals surface area (Å²) in [6, 6.07) is 6.70. The van der Waals surface area contributed by atoms with E-state index in [1.807, 2.05) is 0 Å². The zero-order valence-corrected chi connectivity index (χ0v) is 15.6. The fourth-order valence-corrected chi connectivity index (χ4v) is 3.35. The highest BCUT2D eigenvalue weighted by Crippen LogP contribution is 2.29. The summed E-state index contributed by atoms with van der Waals surface area (Å²) < 4.78 is 0. The van der Waals surface area contributed by atoms with Crippen LogP contribution in [0.25, 0.3) is 0 Å². The lowest BCUT2D eigenvalue weighted by atomic mass is 9.95. The van der Waals surface area contributed by atoms with Crippen molar-refractivity contribution in [2.75, 3.05) is 5.32 Å². The Morgan fingerprint density at radius 2 is 1.69 bits per heavy atom. The molecule has 7 heteroatoms. The molecule has 2 N–H and O–H groups in total. The van der Waals surface area contributed by atoms with Gasteiger partial charge in [-0.1, -0.05) is 48.5 Å². The van der Waals surface area contributed by atoms with Crippen LogP contribution < -0.4 is 10.6 Å². The molecule has 3 rings (SSSR count). The summed E-state index contributed by atoms with van der Waals surface area (Å²) >= 11 is 12.0. The summed E-state index contributed by atoms with van der Waals surface area (Å²) in [5, 5.41) is 6.32. The van der Waals surface area contributed by atoms with Crippen molar-refractivity contribution in [2.45, 2.75) is 38.1 Å². The van der Waals surface area contributed by atoms with E-state index in [0.29, 0.717) is 16.3 Å². The van der Waals surface area contributed by atoms with Gasteiger partial charge >= 0.3 is 0 Å². The summed E-state index contributed by atoms with van der Waals surface area (Å²) in [4.78, 5) is 28.9. The van der Waals surface area contributed by atoms with Gasteiger partial charge in [0, 0.05) is 18.4 Å². The van der Waals surface area contributed by atoms with Gasteiger partial charge in [0.2, 0.25) is 0 Å². The molecule has 26 heavy (non-hydrogen) atoms. The standard InChI is InChI=1S/C19H19Cl2N3O2/c20-15-7-4-8-16(17(15)21)24-19(26)13-9-12(10-22-11-13)18(25)23-14-5-2-1-3-6-14/h4,7-11,14H,1-3,5-6H2,(H,23,25)(H,24,26). The minimum Gasteiger partial charge on any atom is -0.349 e. The van der Waals surface area contributed by atoms with Crippen molar-refractivity contribution < 1.29 is 9.59 Å². The molecule has 0 unspecified atom stereocenters. The number of aromatic nitrogens is 1. The molecule has 1 aliphatic carbocycles. The van der Waals surface area contributed by atoms with Crippen LogP contribution in [0.3, 0.4) is 0 Å².